The van der Waals surface area contributed by atoms with Crippen LogP contribution in [-0.2, 0) is 21.7 Å². The molecule has 0 amide bonds. The van der Waals surface area contributed by atoms with E-state index in [1.165, 1.54) is 18.1 Å². The fraction of sp³-hybridized carbons (Fsp3) is 0.500. The summed E-state index contributed by atoms with van der Waals surface area (Å²) in [5.41, 5.74) is 4.09. The van der Waals surface area contributed by atoms with Gasteiger partial charge in [0.1, 0.15) is 0 Å². The Morgan fingerprint density at radius 3 is 0.675 bits per heavy atom. The minimum absolute atomic E-state index is 0.0870. The molecule has 1 aliphatic heterocycles. The minimum atomic E-state index is -0.0870. The maximum Gasteiger partial charge on any atom is 0.153 e. The molecule has 0 saturated carbocycles. The molecule has 0 aromatic carbocycles. The van der Waals surface area contributed by atoms with Gasteiger partial charge in [-0.05, 0) is 24.3 Å². The summed E-state index contributed by atoms with van der Waals surface area (Å²) in [6.07, 6.45) is 8.97. The maximum atomic E-state index is 5.20. The molecule has 212 valence electrons. The van der Waals surface area contributed by atoms with Crippen LogP contribution in [0.25, 0.3) is 24.3 Å². The molecule has 0 unspecified atom stereocenters. The first-order chi connectivity index (χ1) is 18.3. The van der Waals surface area contributed by atoms with Crippen LogP contribution in [0.3, 0.4) is 0 Å². The molecular formula is C32H40N4S4. The lowest BCUT2D eigenvalue weighted by Crippen LogP contribution is -2.22. The molecule has 40 heavy (non-hydrogen) atoms. The largest absolute Gasteiger partial charge is 0.237 e. The molecule has 0 saturated heterocycles. The van der Waals surface area contributed by atoms with Gasteiger partial charge in [-0.3, -0.25) is 0 Å². The van der Waals surface area contributed by atoms with E-state index in [9.17, 15) is 0 Å². The molecule has 0 radical (unpaired) electrons. The van der Waals surface area contributed by atoms with Crippen LogP contribution in [0.2, 0.25) is 0 Å². The average Bonchev–Trinajstić information content (AvgIpc) is 3.56. The van der Waals surface area contributed by atoms with E-state index in [-0.39, 0.29) is 21.7 Å². The molecule has 4 nitrogen and oxygen atoms in total. The zero-order chi connectivity index (χ0) is 29.4. The van der Waals surface area contributed by atoms with Crippen LogP contribution in [0.1, 0.15) is 106 Å². The monoisotopic (exact) mass is 608 g/mol. The Balaban J connectivity index is 2.06. The van der Waals surface area contributed by atoms with Gasteiger partial charge < -0.3 is 0 Å². The molecular weight excluding hydrogens is 569 g/mol. The third kappa shape index (κ3) is 5.69. The molecule has 8 bridgehead atoms. The van der Waals surface area contributed by atoms with E-state index in [4.69, 9.17) is 19.9 Å². The summed E-state index contributed by atoms with van der Waals surface area (Å²) in [6.45, 7) is 26.8. The van der Waals surface area contributed by atoms with Crippen molar-refractivity contribution in [3.8, 4) is 0 Å². The standard InChI is InChI=1S/C32H40N4S4/c1-29(2,3)21-17-13-14-18-22(30(4,5)6)35-27(39-18)28-36-24(32(10,11)12)20(40-28)16-15-19-23(31(7,8)9)34-26(38-19)25(33-21)37-17/h13-16H,1-12H3/b14-13?,16-15?,17-13-,18-14-,19-15-,20-16-,26-25-,28-27-. The fourth-order valence-corrected chi connectivity index (χ4v) is 9.35. The second kappa shape index (κ2) is 9.79. The van der Waals surface area contributed by atoms with Gasteiger partial charge in [0, 0.05) is 21.7 Å². The molecule has 4 aromatic heterocycles. The number of nitrogens with zero attached hydrogens (tertiary/aromatic N) is 4. The highest BCUT2D eigenvalue weighted by atomic mass is 32.1. The van der Waals surface area contributed by atoms with Gasteiger partial charge in [-0.15, -0.1) is 45.3 Å². The number of rotatable bonds is 0. The second-order valence-electron chi connectivity index (χ2n) is 14.6. The predicted octanol–water partition coefficient (Wildman–Crippen LogP) is 6.11. The van der Waals surface area contributed by atoms with Crippen LogP contribution in [0.4, 0.5) is 0 Å². The van der Waals surface area contributed by atoms with Crippen LogP contribution in [-0.4, -0.2) is 19.9 Å². The van der Waals surface area contributed by atoms with E-state index in [2.05, 4.69) is 107 Å². The summed E-state index contributed by atoms with van der Waals surface area (Å²) in [5.74, 6) is 0. The summed E-state index contributed by atoms with van der Waals surface area (Å²) in [4.78, 5) is 20.8. The normalized spacial score (nSPS) is 19.5. The Labute approximate surface area is 252 Å². The molecule has 5 heterocycles. The first-order valence-electron chi connectivity index (χ1n) is 13.7. The third-order valence-corrected chi connectivity index (χ3v) is 11.0. The first kappa shape index (κ1) is 29.5. The van der Waals surface area contributed by atoms with Gasteiger partial charge in [0.2, 0.25) is 0 Å². The van der Waals surface area contributed by atoms with E-state index in [1.54, 1.807) is 45.3 Å². The fourth-order valence-electron chi connectivity index (χ4n) is 4.60. The quantitative estimate of drug-likeness (QED) is 0.242. The van der Waals surface area contributed by atoms with Crippen molar-refractivity contribution in [1.82, 2.24) is 19.9 Å². The van der Waals surface area contributed by atoms with Crippen LogP contribution >= 0.6 is 45.3 Å². The van der Waals surface area contributed by atoms with Gasteiger partial charge in [-0.2, -0.15) is 0 Å². The highest BCUT2D eigenvalue weighted by Gasteiger charge is 2.24. The Kier molecular flexibility index (Phi) is 7.22. The molecule has 0 aliphatic carbocycles. The molecule has 0 N–H and O–H groups in total. The van der Waals surface area contributed by atoms with Crippen LogP contribution in [0.15, 0.2) is 0 Å². The van der Waals surface area contributed by atoms with Gasteiger partial charge in [0.25, 0.3) is 0 Å². The average molecular weight is 609 g/mol. The highest BCUT2D eigenvalue weighted by Crippen LogP contribution is 2.23. The number of fused-ring (bicyclic) bond motifs is 8. The van der Waals surface area contributed by atoms with Crippen molar-refractivity contribution in [2.24, 2.45) is 0 Å². The summed E-state index contributed by atoms with van der Waals surface area (Å²) in [7, 11) is 0. The molecule has 4 aromatic rings. The lowest BCUT2D eigenvalue weighted by Gasteiger charge is -2.15. The van der Waals surface area contributed by atoms with Gasteiger partial charge in [0.15, 0.2) is 18.7 Å². The Bertz CT molecular complexity index is 1740. The van der Waals surface area contributed by atoms with Crippen LogP contribution in [0.5, 0.6) is 0 Å². The minimum Gasteiger partial charge on any atom is -0.237 e. The van der Waals surface area contributed by atoms with Crippen molar-refractivity contribution in [2.45, 2.75) is 105 Å². The first-order valence-corrected chi connectivity index (χ1v) is 17.0. The molecule has 0 atom stereocenters. The molecule has 0 fully saturated rings. The van der Waals surface area contributed by atoms with E-state index in [1.807, 2.05) is 0 Å². The molecule has 5 rings (SSSR count). The van der Waals surface area contributed by atoms with Gasteiger partial charge in [-0.25, -0.2) is 19.9 Å². The molecule has 0 spiro atoms. The topological polar surface area (TPSA) is 51.6 Å². The van der Waals surface area contributed by atoms with Crippen molar-refractivity contribution in [1.29, 1.82) is 0 Å². The van der Waals surface area contributed by atoms with Gasteiger partial charge in [0.05, 0.1) is 40.9 Å². The zero-order valence-corrected chi connectivity index (χ0v) is 29.0. The number of thiazole rings is 4. The SMILES string of the molecule is CC(C)(C)c1n/c2s/c1=C\C=c1/s/c(nc1C(C)(C)C)=c1/nc(C(C)(C)C)/c(s1)=C/C=c1\s\c=2nc1C(C)(C)C. The summed E-state index contributed by atoms with van der Waals surface area (Å²) in [6, 6.07) is 0. The highest BCUT2D eigenvalue weighted by molar-refractivity contribution is 7.12. The van der Waals surface area contributed by atoms with Crippen molar-refractivity contribution in [2.75, 3.05) is 0 Å². The Morgan fingerprint density at radius 2 is 0.525 bits per heavy atom. The van der Waals surface area contributed by atoms with Crippen LogP contribution < -0.4 is 18.1 Å². The number of aromatic nitrogens is 4. The lowest BCUT2D eigenvalue weighted by molar-refractivity contribution is 0.565. The van der Waals surface area contributed by atoms with E-state index < -0.39 is 0 Å². The number of hydrogen-bond acceptors (Lipinski definition) is 8. The summed E-state index contributed by atoms with van der Waals surface area (Å²) >= 11 is 6.96. The predicted molar refractivity (Wildman–Crippen MR) is 175 cm³/mol. The lowest BCUT2D eigenvalue weighted by atomic mass is 9.92. The van der Waals surface area contributed by atoms with Crippen molar-refractivity contribution >= 4 is 69.7 Å². The number of hydrogen-bond donors (Lipinski definition) is 0. The summed E-state index contributed by atoms with van der Waals surface area (Å²) < 4.78 is 8.68. The van der Waals surface area contributed by atoms with Gasteiger partial charge >= 0.3 is 0 Å². The van der Waals surface area contributed by atoms with Crippen molar-refractivity contribution in [3.05, 3.63) is 59.6 Å². The third-order valence-electron chi connectivity index (χ3n) is 6.59. The van der Waals surface area contributed by atoms with E-state index in [0.29, 0.717) is 0 Å². The zero-order valence-electron chi connectivity index (χ0n) is 25.7. The second-order valence-corrected chi connectivity index (χ2v) is 18.7. The summed E-state index contributed by atoms with van der Waals surface area (Å²) in [5, 5.41) is 0. The Hall–Kier alpha value is -2.00. The van der Waals surface area contributed by atoms with E-state index in [0.717, 1.165) is 41.4 Å². The van der Waals surface area contributed by atoms with Crippen molar-refractivity contribution in [3.63, 3.8) is 0 Å². The molecule has 8 heteroatoms. The maximum absolute atomic E-state index is 5.20. The van der Waals surface area contributed by atoms with Crippen molar-refractivity contribution < 1.29 is 0 Å². The van der Waals surface area contributed by atoms with Crippen LogP contribution in [0, 0.1) is 18.7 Å². The smallest absolute Gasteiger partial charge is 0.153 e. The van der Waals surface area contributed by atoms with Gasteiger partial charge in [-0.1, -0.05) is 83.1 Å². The van der Waals surface area contributed by atoms with E-state index >= 15 is 0 Å². The molecule has 1 aliphatic rings. The Morgan fingerprint density at radius 1 is 0.350 bits per heavy atom.